The van der Waals surface area contributed by atoms with Gasteiger partial charge in [-0.15, -0.1) is 0 Å². The molecule has 21 heavy (non-hydrogen) atoms. The van der Waals surface area contributed by atoms with Crippen molar-refractivity contribution >= 4 is 29.2 Å². The fraction of sp³-hybridized carbons (Fsp3) is 0.429. The van der Waals surface area contributed by atoms with Gasteiger partial charge in [-0.1, -0.05) is 11.6 Å². The number of anilines is 1. The number of methoxy groups -OCH3 is 1. The Morgan fingerprint density at radius 1 is 1.38 bits per heavy atom. The van der Waals surface area contributed by atoms with Crippen molar-refractivity contribution in [2.24, 2.45) is 5.73 Å². The van der Waals surface area contributed by atoms with Crippen LogP contribution in [0.5, 0.6) is 0 Å². The third kappa shape index (κ3) is 3.28. The highest BCUT2D eigenvalue weighted by atomic mass is 35.5. The first-order valence-corrected chi connectivity index (χ1v) is 6.94. The molecule has 0 spiro atoms. The third-order valence-electron chi connectivity index (χ3n) is 3.67. The molecule has 0 saturated carbocycles. The second-order valence-electron chi connectivity index (χ2n) is 4.98. The largest absolute Gasteiger partial charge is 0.380 e. The summed E-state index contributed by atoms with van der Waals surface area (Å²) < 4.78 is 5.24. The Hall–Kier alpha value is -1.79. The Kier molecular flexibility index (Phi) is 4.69. The lowest BCUT2D eigenvalue weighted by Crippen LogP contribution is -2.48. The number of ether oxygens (including phenoxy) is 1. The molecule has 1 aliphatic rings. The highest BCUT2D eigenvalue weighted by Crippen LogP contribution is 2.24. The fourth-order valence-electron chi connectivity index (χ4n) is 2.42. The van der Waals surface area contributed by atoms with Crippen molar-refractivity contribution in [3.05, 3.63) is 29.3 Å². The topological polar surface area (TPSA) is 75.9 Å². The molecule has 0 radical (unpaired) electrons. The first-order valence-electron chi connectivity index (χ1n) is 6.56. The number of likely N-dealkylation sites (tertiary alicyclic amines) is 1. The molecule has 2 rings (SSSR count). The van der Waals surface area contributed by atoms with E-state index >= 15 is 0 Å². The average molecular weight is 312 g/mol. The van der Waals surface area contributed by atoms with Crippen molar-refractivity contribution in [3.63, 3.8) is 0 Å². The number of carbonyl (C=O) groups is 2. The molecule has 0 aromatic heterocycles. The number of urea groups is 1. The highest BCUT2D eigenvalue weighted by molar-refractivity contribution is 6.30. The van der Waals surface area contributed by atoms with E-state index in [4.69, 9.17) is 22.1 Å². The van der Waals surface area contributed by atoms with E-state index in [0.717, 1.165) is 0 Å². The summed E-state index contributed by atoms with van der Waals surface area (Å²) in [7, 11) is 3.20. The van der Waals surface area contributed by atoms with Gasteiger partial charge < -0.3 is 15.4 Å². The van der Waals surface area contributed by atoms with E-state index in [1.807, 2.05) is 0 Å². The Bertz CT molecular complexity index is 535. The second-order valence-corrected chi connectivity index (χ2v) is 5.42. The molecule has 7 heteroatoms. The molecule has 3 amide bonds. The molecular formula is C14H18ClN3O3. The molecule has 114 valence electrons. The van der Waals surface area contributed by atoms with Crippen molar-refractivity contribution in [1.82, 2.24) is 4.90 Å². The van der Waals surface area contributed by atoms with Crippen LogP contribution >= 0.6 is 11.6 Å². The first-order chi connectivity index (χ1) is 9.93. The summed E-state index contributed by atoms with van der Waals surface area (Å²) >= 11 is 5.83. The molecule has 1 aromatic rings. The zero-order valence-corrected chi connectivity index (χ0v) is 12.7. The summed E-state index contributed by atoms with van der Waals surface area (Å²) in [5.41, 5.74) is 6.07. The van der Waals surface area contributed by atoms with Gasteiger partial charge in [-0.3, -0.25) is 9.69 Å². The minimum absolute atomic E-state index is 0.176. The van der Waals surface area contributed by atoms with E-state index in [2.05, 4.69) is 0 Å². The summed E-state index contributed by atoms with van der Waals surface area (Å²) in [4.78, 5) is 27.0. The van der Waals surface area contributed by atoms with Crippen molar-refractivity contribution in [1.29, 1.82) is 0 Å². The van der Waals surface area contributed by atoms with Gasteiger partial charge in [0.25, 0.3) is 0 Å². The van der Waals surface area contributed by atoms with Gasteiger partial charge in [0.1, 0.15) is 6.04 Å². The Balaban J connectivity index is 2.17. The van der Waals surface area contributed by atoms with Crippen molar-refractivity contribution in [2.45, 2.75) is 18.6 Å². The molecule has 6 nitrogen and oxygen atoms in total. The standard InChI is InChI=1S/C14H18ClN3O3/c1-17(10-5-3-9(15)4-6-10)14(20)18-8-11(21-2)7-12(18)13(16)19/h3-6,11-12H,7-8H2,1-2H3,(H2,16,19). The molecule has 1 aromatic carbocycles. The number of carbonyl (C=O) groups excluding carboxylic acids is 2. The van der Waals surface area contributed by atoms with Crippen molar-refractivity contribution < 1.29 is 14.3 Å². The van der Waals surface area contributed by atoms with Crippen LogP contribution in [0.25, 0.3) is 0 Å². The lowest BCUT2D eigenvalue weighted by Gasteiger charge is -2.28. The summed E-state index contributed by atoms with van der Waals surface area (Å²) in [5.74, 6) is -0.521. The van der Waals surface area contributed by atoms with E-state index in [1.54, 1.807) is 38.4 Å². The van der Waals surface area contributed by atoms with Crippen LogP contribution in [-0.4, -0.2) is 49.7 Å². The minimum Gasteiger partial charge on any atom is -0.380 e. The molecular weight excluding hydrogens is 294 g/mol. The van der Waals surface area contributed by atoms with Gasteiger partial charge >= 0.3 is 6.03 Å². The number of benzene rings is 1. The molecule has 2 N–H and O–H groups in total. The summed E-state index contributed by atoms with van der Waals surface area (Å²) in [5, 5.41) is 0.593. The quantitative estimate of drug-likeness (QED) is 0.918. The van der Waals surface area contributed by atoms with Crippen LogP contribution in [0.15, 0.2) is 24.3 Å². The first kappa shape index (κ1) is 15.6. The third-order valence-corrected chi connectivity index (χ3v) is 3.92. The van der Waals surface area contributed by atoms with Gasteiger partial charge in [0.15, 0.2) is 0 Å². The monoisotopic (exact) mass is 311 g/mol. The van der Waals surface area contributed by atoms with Crippen LogP contribution in [0.4, 0.5) is 10.5 Å². The second kappa shape index (κ2) is 6.32. The van der Waals surface area contributed by atoms with Gasteiger partial charge in [0.2, 0.25) is 5.91 Å². The van der Waals surface area contributed by atoms with Crippen molar-refractivity contribution in [2.75, 3.05) is 25.6 Å². The number of nitrogens with two attached hydrogens (primary N) is 1. The number of hydrogen-bond acceptors (Lipinski definition) is 3. The van der Waals surface area contributed by atoms with Gasteiger partial charge in [-0.2, -0.15) is 0 Å². The maximum atomic E-state index is 12.6. The predicted molar refractivity (Wildman–Crippen MR) is 80.4 cm³/mol. The summed E-state index contributed by atoms with van der Waals surface area (Å²) in [6.07, 6.45) is 0.247. The number of rotatable bonds is 3. The molecule has 1 saturated heterocycles. The normalized spacial score (nSPS) is 21.4. The Morgan fingerprint density at radius 3 is 2.52 bits per heavy atom. The van der Waals surface area contributed by atoms with Gasteiger partial charge in [-0.05, 0) is 24.3 Å². The number of nitrogens with zero attached hydrogens (tertiary/aromatic N) is 2. The number of hydrogen-bond donors (Lipinski definition) is 1. The SMILES string of the molecule is COC1CC(C(N)=O)N(C(=O)N(C)c2ccc(Cl)cc2)C1. The maximum Gasteiger partial charge on any atom is 0.324 e. The van der Waals surface area contributed by atoms with Crippen LogP contribution in [-0.2, 0) is 9.53 Å². The smallest absolute Gasteiger partial charge is 0.324 e. The van der Waals surface area contributed by atoms with Gasteiger partial charge in [-0.25, -0.2) is 4.79 Å². The zero-order valence-electron chi connectivity index (χ0n) is 12.0. The minimum atomic E-state index is -0.641. The molecule has 2 atom stereocenters. The average Bonchev–Trinajstić information content (AvgIpc) is 2.91. The van der Waals surface area contributed by atoms with Crippen LogP contribution < -0.4 is 10.6 Å². The Labute approximate surface area is 128 Å². The zero-order chi connectivity index (χ0) is 15.6. The molecule has 0 bridgehead atoms. The van der Waals surface area contributed by atoms with E-state index in [9.17, 15) is 9.59 Å². The molecule has 1 aliphatic heterocycles. The summed E-state index contributed by atoms with van der Waals surface area (Å²) in [6, 6.07) is 5.95. The van der Waals surface area contributed by atoms with Crippen LogP contribution in [0, 0.1) is 0 Å². The van der Waals surface area contributed by atoms with Crippen molar-refractivity contribution in [3.8, 4) is 0 Å². The molecule has 0 aliphatic carbocycles. The molecule has 2 unspecified atom stereocenters. The van der Waals surface area contributed by atoms with Gasteiger partial charge in [0.05, 0.1) is 6.10 Å². The van der Waals surface area contributed by atoms with E-state index in [1.165, 1.54) is 9.80 Å². The van der Waals surface area contributed by atoms with E-state index < -0.39 is 11.9 Å². The summed E-state index contributed by atoms with van der Waals surface area (Å²) in [6.45, 7) is 0.348. The van der Waals surface area contributed by atoms with E-state index in [0.29, 0.717) is 23.7 Å². The lowest BCUT2D eigenvalue weighted by molar-refractivity contribution is -0.121. The maximum absolute atomic E-state index is 12.6. The van der Waals surface area contributed by atoms with Crippen LogP contribution in [0.3, 0.4) is 0 Å². The van der Waals surface area contributed by atoms with Crippen LogP contribution in [0.2, 0.25) is 5.02 Å². The van der Waals surface area contributed by atoms with E-state index in [-0.39, 0.29) is 12.1 Å². The van der Waals surface area contributed by atoms with Crippen LogP contribution in [0.1, 0.15) is 6.42 Å². The number of halogens is 1. The number of amides is 3. The Morgan fingerprint density at radius 2 is 2.00 bits per heavy atom. The lowest BCUT2D eigenvalue weighted by atomic mass is 10.2. The van der Waals surface area contributed by atoms with Gasteiger partial charge in [0, 0.05) is 37.8 Å². The molecule has 1 heterocycles. The fourth-order valence-corrected chi connectivity index (χ4v) is 2.54. The number of primary amides is 1. The predicted octanol–water partition coefficient (Wildman–Crippen LogP) is 1.47. The molecule has 1 fully saturated rings. The highest BCUT2D eigenvalue weighted by Gasteiger charge is 2.40.